The second kappa shape index (κ2) is 3.68. The molecule has 0 aliphatic carbocycles. The molecule has 2 aromatic rings. The van der Waals surface area contributed by atoms with Gasteiger partial charge in [-0.2, -0.15) is 0 Å². The molecule has 1 aromatic carbocycles. The number of aromatic nitrogens is 1. The largest absolute Gasteiger partial charge is 0.382 e. The number of nitrogens with two attached hydrogens (primary N) is 1. The highest BCUT2D eigenvalue weighted by molar-refractivity contribution is 6.39. The lowest BCUT2D eigenvalue weighted by atomic mass is 10.1. The number of fused-ring (bicyclic) bond motifs is 1. The number of benzene rings is 1. The Morgan fingerprint density at radius 1 is 1.27 bits per heavy atom. The van der Waals surface area contributed by atoms with Gasteiger partial charge in [-0.05, 0) is 18.2 Å². The van der Waals surface area contributed by atoms with Crippen molar-refractivity contribution in [2.45, 2.75) is 0 Å². The highest BCUT2D eigenvalue weighted by Crippen LogP contribution is 2.28. The molecule has 0 amide bonds. The molecule has 1 heterocycles. The summed E-state index contributed by atoms with van der Waals surface area (Å²) in [6.07, 6.45) is 1.57. The fraction of sp³-hybridized carbons (Fsp3) is 0. The summed E-state index contributed by atoms with van der Waals surface area (Å²) in [6.45, 7) is 0. The van der Waals surface area contributed by atoms with Crippen LogP contribution in [0.25, 0.3) is 10.8 Å². The molecule has 1 aromatic heterocycles. The summed E-state index contributed by atoms with van der Waals surface area (Å²) in [7, 11) is 0. The number of hydrogen-bond acceptors (Lipinski definition) is 2. The first kappa shape index (κ1) is 10.2. The van der Waals surface area contributed by atoms with Gasteiger partial charge in [0.1, 0.15) is 11.5 Å². The van der Waals surface area contributed by atoms with Gasteiger partial charge in [-0.15, -0.1) is 0 Å². The van der Waals surface area contributed by atoms with Crippen molar-refractivity contribution in [1.29, 1.82) is 5.41 Å². The molecule has 0 bridgehead atoms. The lowest BCUT2D eigenvalue weighted by Crippen LogP contribution is -2.13. The van der Waals surface area contributed by atoms with Crippen LogP contribution in [0.15, 0.2) is 24.4 Å². The minimum absolute atomic E-state index is 0.0982. The number of nitrogens with one attached hydrogen (secondary N) is 1. The minimum Gasteiger partial charge on any atom is -0.382 e. The highest BCUT2D eigenvalue weighted by atomic mass is 35.5. The first-order valence-corrected chi connectivity index (χ1v) is 4.93. The van der Waals surface area contributed by atoms with Crippen molar-refractivity contribution in [3.63, 3.8) is 0 Å². The van der Waals surface area contributed by atoms with Crippen LogP contribution in [0, 0.1) is 5.41 Å². The van der Waals surface area contributed by atoms with Crippen LogP contribution < -0.4 is 5.73 Å². The molecule has 5 heteroatoms. The zero-order valence-corrected chi connectivity index (χ0v) is 9.10. The Morgan fingerprint density at radius 2 is 2.00 bits per heavy atom. The summed E-state index contributed by atoms with van der Waals surface area (Å²) in [4.78, 5) is 4.02. The lowest BCUT2D eigenvalue weighted by molar-refractivity contribution is 1.28. The third-order valence-corrected chi connectivity index (χ3v) is 2.58. The summed E-state index contributed by atoms with van der Waals surface area (Å²) in [5.41, 5.74) is 5.81. The van der Waals surface area contributed by atoms with Crippen molar-refractivity contribution >= 4 is 39.8 Å². The highest BCUT2D eigenvalue weighted by Gasteiger charge is 2.08. The smallest absolute Gasteiger partial charge is 0.142 e. The van der Waals surface area contributed by atoms with Crippen LogP contribution in [0.2, 0.25) is 10.0 Å². The molecule has 15 heavy (non-hydrogen) atoms. The van der Waals surface area contributed by atoms with Gasteiger partial charge in [0.2, 0.25) is 0 Å². The molecule has 2 rings (SSSR count). The number of halogens is 2. The number of nitrogen functional groups attached to an aromatic ring is 1. The monoisotopic (exact) mass is 239 g/mol. The van der Waals surface area contributed by atoms with Gasteiger partial charge in [0.25, 0.3) is 0 Å². The van der Waals surface area contributed by atoms with Crippen LogP contribution >= 0.6 is 23.2 Å². The van der Waals surface area contributed by atoms with Crippen LogP contribution in [-0.4, -0.2) is 10.8 Å². The van der Waals surface area contributed by atoms with E-state index in [-0.39, 0.29) is 5.84 Å². The molecule has 0 saturated heterocycles. The van der Waals surface area contributed by atoms with E-state index in [2.05, 4.69) is 4.98 Å². The van der Waals surface area contributed by atoms with Gasteiger partial charge in [-0.3, -0.25) is 10.4 Å². The molecule has 0 aliphatic heterocycles. The maximum atomic E-state index is 7.39. The molecule has 76 valence electrons. The predicted molar refractivity (Wildman–Crippen MR) is 62.8 cm³/mol. The average Bonchev–Trinajstić information content (AvgIpc) is 2.16. The van der Waals surface area contributed by atoms with Crippen LogP contribution in [0.5, 0.6) is 0 Å². The molecule has 0 spiro atoms. The van der Waals surface area contributed by atoms with E-state index in [4.69, 9.17) is 34.3 Å². The van der Waals surface area contributed by atoms with Crippen LogP contribution in [0.4, 0.5) is 0 Å². The van der Waals surface area contributed by atoms with Crippen molar-refractivity contribution in [3.8, 4) is 0 Å². The lowest BCUT2D eigenvalue weighted by Gasteiger charge is -2.05. The van der Waals surface area contributed by atoms with Gasteiger partial charge in [0, 0.05) is 22.0 Å². The van der Waals surface area contributed by atoms with Gasteiger partial charge in [-0.1, -0.05) is 23.2 Å². The zero-order chi connectivity index (χ0) is 11.0. The average molecular weight is 240 g/mol. The molecule has 3 nitrogen and oxygen atoms in total. The second-order valence-electron chi connectivity index (χ2n) is 3.06. The van der Waals surface area contributed by atoms with Crippen LogP contribution in [-0.2, 0) is 0 Å². The molecule has 0 aliphatic rings. The zero-order valence-electron chi connectivity index (χ0n) is 7.59. The predicted octanol–water partition coefficient (Wildman–Crippen LogP) is 2.83. The first-order chi connectivity index (χ1) is 7.09. The quantitative estimate of drug-likeness (QED) is 0.594. The molecule has 0 unspecified atom stereocenters. The Kier molecular flexibility index (Phi) is 2.50. The third kappa shape index (κ3) is 1.76. The van der Waals surface area contributed by atoms with E-state index in [1.165, 1.54) is 0 Å². The number of amidine groups is 1. The molecule has 3 N–H and O–H groups in total. The van der Waals surface area contributed by atoms with Gasteiger partial charge in [0.05, 0.1) is 5.02 Å². The SMILES string of the molecule is N=C(N)c1nccc2c(Cl)cc(Cl)cc12. The normalized spacial score (nSPS) is 10.5. The molecule has 0 fully saturated rings. The number of nitrogens with zero attached hydrogens (tertiary/aromatic N) is 1. The van der Waals surface area contributed by atoms with E-state index >= 15 is 0 Å². The maximum Gasteiger partial charge on any atom is 0.142 e. The Hall–Kier alpha value is -1.32. The summed E-state index contributed by atoms with van der Waals surface area (Å²) in [5.74, 6) is -0.0982. The third-order valence-electron chi connectivity index (χ3n) is 2.05. The van der Waals surface area contributed by atoms with E-state index in [9.17, 15) is 0 Å². The molecular weight excluding hydrogens is 233 g/mol. The Morgan fingerprint density at radius 3 is 2.67 bits per heavy atom. The summed E-state index contributed by atoms with van der Waals surface area (Å²) < 4.78 is 0. The van der Waals surface area contributed by atoms with Gasteiger partial charge >= 0.3 is 0 Å². The Labute approximate surface area is 96.3 Å². The van der Waals surface area contributed by atoms with Crippen molar-refractivity contribution in [2.24, 2.45) is 5.73 Å². The summed E-state index contributed by atoms with van der Waals surface area (Å²) >= 11 is 11.9. The van der Waals surface area contributed by atoms with Crippen molar-refractivity contribution < 1.29 is 0 Å². The Balaban J connectivity index is 2.91. The van der Waals surface area contributed by atoms with E-state index in [1.807, 2.05) is 0 Å². The van der Waals surface area contributed by atoms with E-state index in [0.29, 0.717) is 21.1 Å². The van der Waals surface area contributed by atoms with Crippen LogP contribution in [0.1, 0.15) is 5.69 Å². The van der Waals surface area contributed by atoms with Crippen molar-refractivity contribution in [1.82, 2.24) is 4.98 Å². The topological polar surface area (TPSA) is 62.8 Å². The summed E-state index contributed by atoms with van der Waals surface area (Å²) in [6, 6.07) is 5.11. The number of rotatable bonds is 1. The minimum atomic E-state index is -0.0982. The molecule has 0 saturated carbocycles. The van der Waals surface area contributed by atoms with E-state index in [1.54, 1.807) is 24.4 Å². The Bertz CT molecular complexity index is 552. The first-order valence-electron chi connectivity index (χ1n) is 4.18. The fourth-order valence-corrected chi connectivity index (χ4v) is 1.98. The molecular formula is C10H7Cl2N3. The number of hydrogen-bond donors (Lipinski definition) is 2. The maximum absolute atomic E-state index is 7.39. The molecule has 0 atom stereocenters. The summed E-state index contributed by atoms with van der Waals surface area (Å²) in [5, 5.41) is 9.91. The van der Waals surface area contributed by atoms with Gasteiger partial charge in [-0.25, -0.2) is 0 Å². The second-order valence-corrected chi connectivity index (χ2v) is 3.90. The van der Waals surface area contributed by atoms with Crippen molar-refractivity contribution in [2.75, 3.05) is 0 Å². The fourth-order valence-electron chi connectivity index (χ4n) is 1.42. The van der Waals surface area contributed by atoms with E-state index in [0.717, 1.165) is 5.39 Å². The van der Waals surface area contributed by atoms with Gasteiger partial charge < -0.3 is 5.73 Å². The van der Waals surface area contributed by atoms with Crippen molar-refractivity contribution in [3.05, 3.63) is 40.1 Å². The van der Waals surface area contributed by atoms with Crippen LogP contribution in [0.3, 0.4) is 0 Å². The van der Waals surface area contributed by atoms with E-state index < -0.39 is 0 Å². The number of pyridine rings is 1. The van der Waals surface area contributed by atoms with Gasteiger partial charge in [0.15, 0.2) is 0 Å². The standard InChI is InChI=1S/C10H7Cl2N3/c11-5-3-7-6(8(12)4-5)1-2-15-9(7)10(13)14/h1-4H,(H3,13,14). The molecule has 0 radical (unpaired) electrons.